The first-order valence-electron chi connectivity index (χ1n) is 4.93. The third kappa shape index (κ3) is 0.853. The molecule has 2 fully saturated rings. The van der Waals surface area contributed by atoms with Crippen LogP contribution in [0.4, 0.5) is 0 Å². The van der Waals surface area contributed by atoms with Crippen molar-refractivity contribution in [1.29, 1.82) is 0 Å². The molecule has 76 valence electrons. The molecule has 0 aromatic heterocycles. The van der Waals surface area contributed by atoms with E-state index in [1.807, 2.05) is 13.8 Å². The van der Waals surface area contributed by atoms with Crippen LogP contribution in [0.2, 0.25) is 0 Å². The van der Waals surface area contributed by atoms with E-state index in [0.29, 0.717) is 5.92 Å². The molecular weight excluding hydrogens is 168 g/mol. The summed E-state index contributed by atoms with van der Waals surface area (Å²) in [6.45, 7) is 5.71. The Morgan fingerprint density at radius 2 is 1.77 bits per heavy atom. The smallest absolute Gasteiger partial charge is 0.109 e. The van der Waals surface area contributed by atoms with Crippen molar-refractivity contribution in [3.05, 3.63) is 0 Å². The van der Waals surface area contributed by atoms with Crippen LogP contribution >= 0.6 is 0 Å². The molecule has 2 aliphatic carbocycles. The number of rotatable bonds is 1. The number of hydrogen-bond donors (Lipinski definition) is 3. The summed E-state index contributed by atoms with van der Waals surface area (Å²) in [7, 11) is 0. The minimum atomic E-state index is -1.09. The van der Waals surface area contributed by atoms with Gasteiger partial charge >= 0.3 is 0 Å². The van der Waals surface area contributed by atoms with Gasteiger partial charge in [0.2, 0.25) is 0 Å². The second kappa shape index (κ2) is 2.27. The van der Waals surface area contributed by atoms with E-state index in [9.17, 15) is 15.3 Å². The van der Waals surface area contributed by atoms with Crippen LogP contribution in [0, 0.1) is 17.3 Å². The second-order valence-corrected chi connectivity index (χ2v) is 5.14. The summed E-state index contributed by atoms with van der Waals surface area (Å²) in [5.41, 5.74) is -1.31. The first-order valence-corrected chi connectivity index (χ1v) is 4.93. The lowest BCUT2D eigenvalue weighted by molar-refractivity contribution is -0.103. The van der Waals surface area contributed by atoms with Gasteiger partial charge in [0, 0.05) is 5.41 Å². The van der Waals surface area contributed by atoms with Crippen molar-refractivity contribution in [2.75, 3.05) is 0 Å². The van der Waals surface area contributed by atoms with Crippen molar-refractivity contribution >= 4 is 0 Å². The number of aliphatic hydroxyl groups is 3. The fraction of sp³-hybridized carbons (Fsp3) is 1.00. The summed E-state index contributed by atoms with van der Waals surface area (Å²) < 4.78 is 0. The summed E-state index contributed by atoms with van der Waals surface area (Å²) >= 11 is 0. The third-order valence-electron chi connectivity index (χ3n) is 4.28. The Labute approximate surface area is 78.4 Å². The van der Waals surface area contributed by atoms with Crippen LogP contribution in [0.15, 0.2) is 0 Å². The molecule has 3 heteroatoms. The minimum absolute atomic E-state index is 0.0741. The van der Waals surface area contributed by atoms with Gasteiger partial charge in [0.25, 0.3) is 0 Å². The molecular formula is C10H18O3. The van der Waals surface area contributed by atoms with Crippen LogP contribution in [0.25, 0.3) is 0 Å². The van der Waals surface area contributed by atoms with Crippen LogP contribution < -0.4 is 0 Å². The van der Waals surface area contributed by atoms with Gasteiger partial charge in [-0.2, -0.15) is 0 Å². The Balaban J connectivity index is 2.32. The monoisotopic (exact) mass is 186 g/mol. The van der Waals surface area contributed by atoms with Crippen LogP contribution in [0.3, 0.4) is 0 Å². The van der Waals surface area contributed by atoms with Gasteiger partial charge in [0.1, 0.15) is 6.10 Å². The van der Waals surface area contributed by atoms with Gasteiger partial charge in [-0.25, -0.2) is 0 Å². The van der Waals surface area contributed by atoms with E-state index < -0.39 is 17.8 Å². The summed E-state index contributed by atoms with van der Waals surface area (Å²) in [4.78, 5) is 0. The Bertz CT molecular complexity index is 232. The molecule has 0 radical (unpaired) electrons. The van der Waals surface area contributed by atoms with Gasteiger partial charge in [-0.1, -0.05) is 13.8 Å². The fourth-order valence-corrected chi connectivity index (χ4v) is 3.17. The number of aliphatic hydroxyl groups excluding tert-OH is 2. The zero-order valence-corrected chi connectivity index (χ0v) is 8.36. The number of fused-ring (bicyclic) bond motifs is 1. The third-order valence-corrected chi connectivity index (χ3v) is 4.28. The maximum Gasteiger partial charge on any atom is 0.109 e. The van der Waals surface area contributed by atoms with Gasteiger partial charge < -0.3 is 15.3 Å². The van der Waals surface area contributed by atoms with Gasteiger partial charge in [-0.3, -0.25) is 0 Å². The molecule has 0 aromatic rings. The lowest BCUT2D eigenvalue weighted by Crippen LogP contribution is -2.44. The maximum absolute atomic E-state index is 9.95. The van der Waals surface area contributed by atoms with Crippen molar-refractivity contribution in [2.24, 2.45) is 17.3 Å². The molecule has 0 aromatic carbocycles. The first kappa shape index (κ1) is 9.44. The van der Waals surface area contributed by atoms with Crippen molar-refractivity contribution in [1.82, 2.24) is 0 Å². The van der Waals surface area contributed by atoms with E-state index in [0.717, 1.165) is 6.42 Å². The Morgan fingerprint density at radius 1 is 1.23 bits per heavy atom. The summed E-state index contributed by atoms with van der Waals surface area (Å²) in [6.07, 6.45) is -0.892. The SMILES string of the molecule is CC(C)[C@@]12C[C@@H]1[C@@](C)(O)[C@@H](O)[C@@H]2O. The highest BCUT2D eigenvalue weighted by molar-refractivity contribution is 5.25. The van der Waals surface area contributed by atoms with E-state index in [4.69, 9.17) is 0 Å². The molecule has 0 saturated heterocycles. The van der Waals surface area contributed by atoms with Crippen LogP contribution in [0.5, 0.6) is 0 Å². The average molecular weight is 186 g/mol. The van der Waals surface area contributed by atoms with Gasteiger partial charge in [0.15, 0.2) is 0 Å². The van der Waals surface area contributed by atoms with Crippen molar-refractivity contribution < 1.29 is 15.3 Å². The molecule has 0 aliphatic heterocycles. The van der Waals surface area contributed by atoms with Crippen molar-refractivity contribution in [3.63, 3.8) is 0 Å². The van der Waals surface area contributed by atoms with Crippen LogP contribution in [0.1, 0.15) is 27.2 Å². The molecule has 0 spiro atoms. The standard InChI is InChI=1S/C10H18O3/c1-5(2)10-4-6(10)9(3,13)7(11)8(10)12/h5-8,11-13H,4H2,1-3H3/t6-,7+,8+,9-,10+/m1/s1. The summed E-state index contributed by atoms with van der Waals surface area (Å²) in [5.74, 6) is 0.390. The van der Waals surface area contributed by atoms with Crippen molar-refractivity contribution in [2.45, 2.75) is 45.0 Å². The molecule has 0 amide bonds. The highest BCUT2D eigenvalue weighted by Gasteiger charge is 2.76. The Morgan fingerprint density at radius 3 is 2.00 bits per heavy atom. The molecule has 0 bridgehead atoms. The molecule has 5 atom stereocenters. The second-order valence-electron chi connectivity index (χ2n) is 5.14. The average Bonchev–Trinajstić information content (AvgIpc) is 2.73. The topological polar surface area (TPSA) is 60.7 Å². The Kier molecular flexibility index (Phi) is 1.65. The molecule has 0 unspecified atom stereocenters. The predicted molar refractivity (Wildman–Crippen MR) is 48.0 cm³/mol. The zero-order chi connectivity index (χ0) is 10.0. The van der Waals surface area contributed by atoms with E-state index in [1.165, 1.54) is 0 Å². The van der Waals surface area contributed by atoms with Gasteiger partial charge in [-0.15, -0.1) is 0 Å². The molecule has 2 aliphatic rings. The highest BCUT2D eigenvalue weighted by Crippen LogP contribution is 2.70. The first-order chi connectivity index (χ1) is 5.85. The zero-order valence-electron chi connectivity index (χ0n) is 8.36. The number of hydrogen-bond acceptors (Lipinski definition) is 3. The Hall–Kier alpha value is -0.120. The quantitative estimate of drug-likeness (QED) is 0.545. The predicted octanol–water partition coefficient (Wildman–Crippen LogP) is 0.135. The summed E-state index contributed by atoms with van der Waals surface area (Å²) in [6, 6.07) is 0. The van der Waals surface area contributed by atoms with Crippen LogP contribution in [-0.2, 0) is 0 Å². The fourth-order valence-electron chi connectivity index (χ4n) is 3.17. The maximum atomic E-state index is 9.95. The van der Waals surface area contributed by atoms with E-state index >= 15 is 0 Å². The lowest BCUT2D eigenvalue weighted by Gasteiger charge is -2.28. The molecule has 2 rings (SSSR count). The molecule has 3 nitrogen and oxygen atoms in total. The van der Waals surface area contributed by atoms with Crippen molar-refractivity contribution in [3.8, 4) is 0 Å². The molecule has 3 N–H and O–H groups in total. The van der Waals surface area contributed by atoms with Crippen LogP contribution in [-0.4, -0.2) is 33.1 Å². The lowest BCUT2D eigenvalue weighted by atomic mass is 9.87. The van der Waals surface area contributed by atoms with Gasteiger partial charge in [-0.05, 0) is 25.2 Å². The normalized spacial score (nSPS) is 59.8. The van der Waals surface area contributed by atoms with E-state index in [1.54, 1.807) is 6.92 Å². The van der Waals surface area contributed by atoms with Gasteiger partial charge in [0.05, 0.1) is 11.7 Å². The van der Waals surface area contributed by atoms with E-state index in [-0.39, 0.29) is 11.3 Å². The minimum Gasteiger partial charge on any atom is -0.390 e. The highest BCUT2D eigenvalue weighted by atomic mass is 16.4. The summed E-state index contributed by atoms with van der Waals surface area (Å²) in [5, 5.41) is 29.4. The molecule has 0 heterocycles. The van der Waals surface area contributed by atoms with E-state index in [2.05, 4.69) is 0 Å². The molecule has 13 heavy (non-hydrogen) atoms. The largest absolute Gasteiger partial charge is 0.390 e. The molecule has 2 saturated carbocycles.